The normalized spacial score (nSPS) is 11.1. The third-order valence-electron chi connectivity index (χ3n) is 3.14. The van der Waals surface area contributed by atoms with Crippen LogP contribution >= 0.6 is 12.2 Å². The van der Waals surface area contributed by atoms with E-state index in [9.17, 15) is 23.3 Å². The van der Waals surface area contributed by atoms with Crippen molar-refractivity contribution in [1.29, 1.82) is 0 Å². The van der Waals surface area contributed by atoms with Crippen LogP contribution in [0.15, 0.2) is 42.5 Å². The molecule has 4 nitrogen and oxygen atoms in total. The predicted octanol–water partition coefficient (Wildman–Crippen LogP) is 4.71. The second-order valence-corrected chi connectivity index (χ2v) is 5.19. The van der Waals surface area contributed by atoms with Gasteiger partial charge in [0.1, 0.15) is 4.99 Å². The molecule has 0 unspecified atom stereocenters. The molecule has 2 aromatic rings. The molecule has 0 aliphatic heterocycles. The number of halogens is 3. The molecule has 0 heterocycles. The number of benzene rings is 2. The molecule has 0 amide bonds. The van der Waals surface area contributed by atoms with E-state index in [1.54, 1.807) is 6.92 Å². The number of aryl methyl sites for hydroxylation is 1. The molecule has 2 rings (SSSR count). The van der Waals surface area contributed by atoms with Gasteiger partial charge in [0.05, 0.1) is 10.5 Å². The van der Waals surface area contributed by atoms with Gasteiger partial charge in [0.25, 0.3) is 5.69 Å². The predicted molar refractivity (Wildman–Crippen MR) is 84.6 cm³/mol. The lowest BCUT2D eigenvalue weighted by atomic mass is 10.1. The van der Waals surface area contributed by atoms with Gasteiger partial charge in [-0.05, 0) is 30.7 Å². The molecule has 8 heteroatoms. The average molecular weight is 340 g/mol. The van der Waals surface area contributed by atoms with Gasteiger partial charge in [-0.1, -0.05) is 24.4 Å². The highest BCUT2D eigenvalue weighted by Gasteiger charge is 2.30. The van der Waals surface area contributed by atoms with Gasteiger partial charge in [-0.2, -0.15) is 13.2 Å². The van der Waals surface area contributed by atoms with E-state index >= 15 is 0 Å². The Morgan fingerprint density at radius 3 is 2.26 bits per heavy atom. The molecule has 0 saturated carbocycles. The molecule has 0 spiro atoms. The van der Waals surface area contributed by atoms with Crippen LogP contribution in [0.1, 0.15) is 16.7 Å². The third kappa shape index (κ3) is 4.04. The van der Waals surface area contributed by atoms with E-state index in [1.165, 1.54) is 30.3 Å². The van der Waals surface area contributed by atoms with Crippen molar-refractivity contribution in [2.24, 2.45) is 0 Å². The maximum Gasteiger partial charge on any atom is 0.416 e. The first-order valence-electron chi connectivity index (χ1n) is 6.42. The number of nitro benzene ring substituents is 1. The minimum atomic E-state index is -4.40. The number of rotatable bonds is 3. The van der Waals surface area contributed by atoms with Crippen molar-refractivity contribution in [3.05, 3.63) is 69.3 Å². The fourth-order valence-electron chi connectivity index (χ4n) is 1.91. The van der Waals surface area contributed by atoms with Gasteiger partial charge in [0.2, 0.25) is 0 Å². The number of nitrogens with one attached hydrogen (secondary N) is 1. The summed E-state index contributed by atoms with van der Waals surface area (Å²) in [5, 5.41) is 13.6. The van der Waals surface area contributed by atoms with Gasteiger partial charge in [-0.25, -0.2) is 0 Å². The molecular weight excluding hydrogens is 329 g/mol. The van der Waals surface area contributed by atoms with Crippen molar-refractivity contribution in [2.75, 3.05) is 5.32 Å². The summed E-state index contributed by atoms with van der Waals surface area (Å²) in [4.78, 5) is 10.4. The third-order valence-corrected chi connectivity index (χ3v) is 3.48. The zero-order chi connectivity index (χ0) is 17.2. The minimum absolute atomic E-state index is 0.0477. The molecule has 0 aliphatic rings. The van der Waals surface area contributed by atoms with Gasteiger partial charge in [0.15, 0.2) is 0 Å². The molecule has 120 valence electrons. The van der Waals surface area contributed by atoms with Gasteiger partial charge < -0.3 is 5.32 Å². The molecule has 0 aliphatic carbocycles. The van der Waals surface area contributed by atoms with Crippen molar-refractivity contribution >= 4 is 28.6 Å². The summed E-state index contributed by atoms with van der Waals surface area (Å²) in [5.74, 6) is 0. The molecular formula is C15H11F3N2O2S. The summed E-state index contributed by atoms with van der Waals surface area (Å²) < 4.78 is 37.6. The van der Waals surface area contributed by atoms with Gasteiger partial charge >= 0.3 is 6.18 Å². The van der Waals surface area contributed by atoms with Crippen LogP contribution in [0.3, 0.4) is 0 Å². The van der Waals surface area contributed by atoms with Gasteiger partial charge in [-0.15, -0.1) is 0 Å². The van der Waals surface area contributed by atoms with Crippen LogP contribution < -0.4 is 5.32 Å². The van der Waals surface area contributed by atoms with Crippen molar-refractivity contribution in [1.82, 2.24) is 0 Å². The van der Waals surface area contributed by atoms with Crippen LogP contribution in [0.25, 0.3) is 0 Å². The smallest absolute Gasteiger partial charge is 0.346 e. The van der Waals surface area contributed by atoms with Crippen LogP contribution in [0, 0.1) is 17.0 Å². The van der Waals surface area contributed by atoms with Crippen molar-refractivity contribution < 1.29 is 18.1 Å². The summed E-state index contributed by atoms with van der Waals surface area (Å²) in [7, 11) is 0. The SMILES string of the molecule is Cc1cc([N+](=O)[O-])ccc1NC(=S)c1ccc(C(F)(F)F)cc1. The molecule has 0 atom stereocenters. The van der Waals surface area contributed by atoms with Gasteiger partial charge in [-0.3, -0.25) is 10.1 Å². The number of thiocarbonyl (C=S) groups is 1. The topological polar surface area (TPSA) is 55.2 Å². The molecule has 2 aromatic carbocycles. The molecule has 23 heavy (non-hydrogen) atoms. The Morgan fingerprint density at radius 2 is 1.78 bits per heavy atom. The number of nitrogens with zero attached hydrogens (tertiary/aromatic N) is 1. The first-order chi connectivity index (χ1) is 10.7. The monoisotopic (exact) mass is 340 g/mol. The molecule has 1 N–H and O–H groups in total. The van der Waals surface area contributed by atoms with Crippen LogP contribution in [0.2, 0.25) is 0 Å². The largest absolute Gasteiger partial charge is 0.416 e. The molecule has 0 saturated heterocycles. The Hall–Kier alpha value is -2.48. The zero-order valence-corrected chi connectivity index (χ0v) is 12.7. The fraction of sp³-hybridized carbons (Fsp3) is 0.133. The minimum Gasteiger partial charge on any atom is -0.346 e. The summed E-state index contributed by atoms with van der Waals surface area (Å²) in [5.41, 5.74) is 0.781. The average Bonchev–Trinajstić information content (AvgIpc) is 2.48. The summed E-state index contributed by atoms with van der Waals surface area (Å²) in [6.07, 6.45) is -4.40. The fourth-order valence-corrected chi connectivity index (χ4v) is 2.15. The Bertz CT molecular complexity index is 758. The standard InChI is InChI=1S/C15H11F3N2O2S/c1-9-8-12(20(21)22)6-7-13(9)19-14(23)10-2-4-11(5-3-10)15(16,17)18/h2-8H,1H3,(H,19,23). The highest BCUT2D eigenvalue weighted by atomic mass is 32.1. The molecule has 0 aromatic heterocycles. The molecule has 0 bridgehead atoms. The number of alkyl halides is 3. The second-order valence-electron chi connectivity index (χ2n) is 4.79. The highest BCUT2D eigenvalue weighted by molar-refractivity contribution is 7.81. The van der Waals surface area contributed by atoms with E-state index in [0.29, 0.717) is 16.8 Å². The van der Waals surface area contributed by atoms with Crippen LogP contribution in [0.5, 0.6) is 0 Å². The quantitative estimate of drug-likeness (QED) is 0.499. The summed E-state index contributed by atoms with van der Waals surface area (Å²) in [6, 6.07) is 8.67. The van der Waals surface area contributed by atoms with E-state index in [-0.39, 0.29) is 10.7 Å². The lowest BCUT2D eigenvalue weighted by Crippen LogP contribution is -2.12. The van der Waals surface area contributed by atoms with Crippen molar-refractivity contribution in [3.63, 3.8) is 0 Å². The van der Waals surface area contributed by atoms with E-state index in [4.69, 9.17) is 12.2 Å². The summed E-state index contributed by atoms with van der Waals surface area (Å²) >= 11 is 5.16. The summed E-state index contributed by atoms with van der Waals surface area (Å²) in [6.45, 7) is 1.67. The van der Waals surface area contributed by atoms with E-state index in [1.807, 2.05) is 0 Å². The Morgan fingerprint density at radius 1 is 1.17 bits per heavy atom. The van der Waals surface area contributed by atoms with E-state index in [2.05, 4.69) is 5.32 Å². The number of anilines is 1. The van der Waals surface area contributed by atoms with Crippen LogP contribution in [-0.2, 0) is 6.18 Å². The first-order valence-corrected chi connectivity index (χ1v) is 6.83. The van der Waals surface area contributed by atoms with Crippen LogP contribution in [-0.4, -0.2) is 9.91 Å². The number of hydrogen-bond donors (Lipinski definition) is 1. The number of non-ortho nitro benzene ring substituents is 1. The highest BCUT2D eigenvalue weighted by Crippen LogP contribution is 2.29. The Labute approximate surface area is 135 Å². The maximum absolute atomic E-state index is 12.5. The van der Waals surface area contributed by atoms with Crippen molar-refractivity contribution in [2.45, 2.75) is 13.1 Å². The van der Waals surface area contributed by atoms with Crippen LogP contribution in [0.4, 0.5) is 24.5 Å². The Kier molecular flexibility index (Phi) is 4.65. The number of hydrogen-bond acceptors (Lipinski definition) is 3. The molecule has 0 fully saturated rings. The Balaban J connectivity index is 2.17. The number of nitro groups is 1. The van der Waals surface area contributed by atoms with Crippen molar-refractivity contribution in [3.8, 4) is 0 Å². The first kappa shape index (κ1) is 16.9. The second kappa shape index (κ2) is 6.33. The lowest BCUT2D eigenvalue weighted by molar-refractivity contribution is -0.384. The van der Waals surface area contributed by atoms with E-state index in [0.717, 1.165) is 12.1 Å². The zero-order valence-electron chi connectivity index (χ0n) is 11.8. The van der Waals surface area contributed by atoms with E-state index < -0.39 is 16.7 Å². The maximum atomic E-state index is 12.5. The van der Waals surface area contributed by atoms with Gasteiger partial charge in [0, 0.05) is 23.4 Å². The molecule has 0 radical (unpaired) electrons. The lowest BCUT2D eigenvalue weighted by Gasteiger charge is -2.12.